The minimum absolute atomic E-state index is 0.275. The molecule has 0 saturated heterocycles. The molecule has 1 unspecified atom stereocenters. The Morgan fingerprint density at radius 2 is 1.96 bits per heavy atom. The van der Waals surface area contributed by atoms with Gasteiger partial charge in [-0.1, -0.05) is 18.2 Å². The molecule has 24 heavy (non-hydrogen) atoms. The summed E-state index contributed by atoms with van der Waals surface area (Å²) >= 11 is 4.98. The maximum absolute atomic E-state index is 12.5. The largest absolute Gasteiger partial charge is 0.340 e. The summed E-state index contributed by atoms with van der Waals surface area (Å²) in [5.74, 6) is 0.663. The maximum atomic E-state index is 12.5. The van der Waals surface area contributed by atoms with Gasteiger partial charge in [-0.05, 0) is 58.6 Å². The quantitative estimate of drug-likeness (QED) is 0.738. The van der Waals surface area contributed by atoms with Crippen LogP contribution in [0, 0.1) is 0 Å². The van der Waals surface area contributed by atoms with E-state index in [1.807, 2.05) is 12.3 Å². The third-order valence-corrected chi connectivity index (χ3v) is 4.60. The van der Waals surface area contributed by atoms with Gasteiger partial charge in [0.25, 0.3) is 5.91 Å². The number of benzene rings is 1. The van der Waals surface area contributed by atoms with Crippen molar-refractivity contribution in [2.75, 3.05) is 17.3 Å². The molecular formula is C17H18BrN3O2S. The predicted octanol–water partition coefficient (Wildman–Crippen LogP) is 3.33. The van der Waals surface area contributed by atoms with Crippen LogP contribution in [0.15, 0.2) is 53.1 Å². The molecule has 2 rings (SSSR count). The van der Waals surface area contributed by atoms with Crippen LogP contribution in [0.5, 0.6) is 0 Å². The molecule has 7 heteroatoms. The number of hydrogen-bond acceptors (Lipinski definition) is 4. The van der Waals surface area contributed by atoms with Gasteiger partial charge >= 0.3 is 0 Å². The Kier molecular flexibility index (Phi) is 7.27. The van der Waals surface area contributed by atoms with E-state index in [0.717, 1.165) is 5.75 Å². The number of carbonyl (C=O) groups is 2. The van der Waals surface area contributed by atoms with Crippen LogP contribution in [0.3, 0.4) is 0 Å². The molecule has 2 N–H and O–H groups in total. The number of pyridine rings is 1. The molecule has 0 saturated carbocycles. The molecule has 0 bridgehead atoms. The van der Waals surface area contributed by atoms with Gasteiger partial charge in [0, 0.05) is 10.7 Å². The molecule has 0 aliphatic heterocycles. The summed E-state index contributed by atoms with van der Waals surface area (Å²) in [5, 5.41) is 5.54. The average Bonchev–Trinajstić information content (AvgIpc) is 2.59. The van der Waals surface area contributed by atoms with Gasteiger partial charge in [-0.3, -0.25) is 9.59 Å². The normalized spacial score (nSPS) is 11.6. The predicted molar refractivity (Wildman–Crippen MR) is 101 cm³/mol. The highest BCUT2D eigenvalue weighted by molar-refractivity contribution is 9.10. The Morgan fingerprint density at radius 3 is 2.62 bits per heavy atom. The summed E-state index contributed by atoms with van der Waals surface area (Å²) in [6.07, 6.45) is 4.10. The molecule has 0 aliphatic rings. The van der Waals surface area contributed by atoms with Gasteiger partial charge < -0.3 is 10.6 Å². The first-order valence-electron chi connectivity index (χ1n) is 7.38. The number of nitrogens with one attached hydrogen (secondary N) is 2. The summed E-state index contributed by atoms with van der Waals surface area (Å²) in [6, 6.07) is 11.8. The number of hydrogen-bond donors (Lipinski definition) is 2. The highest BCUT2D eigenvalue weighted by atomic mass is 79.9. The minimum Gasteiger partial charge on any atom is -0.340 e. The lowest BCUT2D eigenvalue weighted by Gasteiger charge is -2.18. The van der Waals surface area contributed by atoms with Crippen LogP contribution in [0.2, 0.25) is 0 Å². The van der Waals surface area contributed by atoms with Crippen molar-refractivity contribution in [2.45, 2.75) is 12.5 Å². The van der Waals surface area contributed by atoms with E-state index in [1.54, 1.807) is 54.4 Å². The number of anilines is 1. The van der Waals surface area contributed by atoms with E-state index in [9.17, 15) is 9.59 Å². The van der Waals surface area contributed by atoms with Crippen LogP contribution in [-0.4, -0.2) is 34.8 Å². The fraction of sp³-hybridized carbons (Fsp3) is 0.235. The number of aromatic nitrogens is 1. The summed E-state index contributed by atoms with van der Waals surface area (Å²) in [7, 11) is 0. The van der Waals surface area contributed by atoms with Crippen molar-refractivity contribution in [3.05, 3.63) is 58.7 Å². The summed E-state index contributed by atoms with van der Waals surface area (Å²) in [4.78, 5) is 29.0. The molecule has 1 aromatic carbocycles. The van der Waals surface area contributed by atoms with Crippen molar-refractivity contribution in [1.29, 1.82) is 0 Å². The van der Waals surface area contributed by atoms with Crippen molar-refractivity contribution >= 4 is 45.3 Å². The van der Waals surface area contributed by atoms with Gasteiger partial charge in [0.05, 0.1) is 5.56 Å². The minimum atomic E-state index is -0.626. The second-order valence-corrected chi connectivity index (χ2v) is 6.83. The Morgan fingerprint density at radius 1 is 1.21 bits per heavy atom. The van der Waals surface area contributed by atoms with E-state index in [4.69, 9.17) is 0 Å². The van der Waals surface area contributed by atoms with Crippen molar-refractivity contribution in [1.82, 2.24) is 10.3 Å². The third-order valence-electron chi connectivity index (χ3n) is 3.27. The number of rotatable bonds is 7. The van der Waals surface area contributed by atoms with Gasteiger partial charge in [0.2, 0.25) is 5.91 Å². The first-order valence-corrected chi connectivity index (χ1v) is 9.56. The molecule has 1 atom stereocenters. The van der Waals surface area contributed by atoms with Gasteiger partial charge in [-0.25, -0.2) is 4.98 Å². The molecule has 0 fully saturated rings. The second kappa shape index (κ2) is 9.44. The Hall–Kier alpha value is -1.86. The molecule has 2 aromatic rings. The van der Waals surface area contributed by atoms with E-state index in [0.29, 0.717) is 22.3 Å². The van der Waals surface area contributed by atoms with Crippen molar-refractivity contribution < 1.29 is 9.59 Å². The highest BCUT2D eigenvalue weighted by Gasteiger charge is 2.22. The lowest BCUT2D eigenvalue weighted by atomic mass is 10.1. The molecule has 1 heterocycles. The first kappa shape index (κ1) is 18.5. The van der Waals surface area contributed by atoms with E-state index in [1.165, 1.54) is 0 Å². The zero-order valence-corrected chi connectivity index (χ0v) is 15.6. The third kappa shape index (κ3) is 5.35. The monoisotopic (exact) mass is 407 g/mol. The molecule has 0 spiro atoms. The molecule has 2 amide bonds. The van der Waals surface area contributed by atoms with Crippen molar-refractivity contribution in [3.63, 3.8) is 0 Å². The van der Waals surface area contributed by atoms with Gasteiger partial charge in [-0.15, -0.1) is 0 Å². The van der Waals surface area contributed by atoms with E-state index in [2.05, 4.69) is 31.5 Å². The molecular weight excluding hydrogens is 390 g/mol. The van der Waals surface area contributed by atoms with E-state index < -0.39 is 6.04 Å². The van der Waals surface area contributed by atoms with Gasteiger partial charge in [0.1, 0.15) is 11.9 Å². The number of carbonyl (C=O) groups excluding carboxylic acids is 2. The average molecular weight is 408 g/mol. The summed E-state index contributed by atoms with van der Waals surface area (Å²) in [5.41, 5.74) is 0.497. The number of halogens is 1. The Bertz CT molecular complexity index is 697. The van der Waals surface area contributed by atoms with Crippen LogP contribution in [0.25, 0.3) is 0 Å². The molecule has 0 radical (unpaired) electrons. The zero-order valence-electron chi connectivity index (χ0n) is 13.2. The lowest BCUT2D eigenvalue weighted by molar-refractivity contribution is -0.118. The Balaban J connectivity index is 2.08. The lowest BCUT2D eigenvalue weighted by Crippen LogP contribution is -2.44. The van der Waals surface area contributed by atoms with Gasteiger partial charge in [-0.2, -0.15) is 11.8 Å². The molecule has 1 aromatic heterocycles. The van der Waals surface area contributed by atoms with Crippen molar-refractivity contribution in [2.24, 2.45) is 0 Å². The smallest absolute Gasteiger partial charge is 0.253 e. The van der Waals surface area contributed by atoms with Crippen LogP contribution < -0.4 is 10.6 Å². The molecule has 0 aliphatic carbocycles. The van der Waals surface area contributed by atoms with Crippen LogP contribution >= 0.6 is 27.7 Å². The topological polar surface area (TPSA) is 71.1 Å². The zero-order chi connectivity index (χ0) is 17.4. The second-order valence-electron chi connectivity index (χ2n) is 4.99. The first-order chi connectivity index (χ1) is 11.6. The van der Waals surface area contributed by atoms with Crippen LogP contribution in [0.1, 0.15) is 16.8 Å². The molecule has 126 valence electrons. The van der Waals surface area contributed by atoms with Crippen LogP contribution in [-0.2, 0) is 4.79 Å². The maximum Gasteiger partial charge on any atom is 0.253 e. The number of amides is 2. The van der Waals surface area contributed by atoms with Gasteiger partial charge in [0.15, 0.2) is 0 Å². The van der Waals surface area contributed by atoms with E-state index >= 15 is 0 Å². The Labute approximate surface area is 153 Å². The fourth-order valence-corrected chi connectivity index (χ4v) is 2.97. The number of thioether (sulfide) groups is 1. The molecule has 5 nitrogen and oxygen atoms in total. The van der Waals surface area contributed by atoms with Crippen molar-refractivity contribution in [3.8, 4) is 0 Å². The SMILES string of the molecule is CSCCC(NC(=O)c1ccccc1Br)C(=O)Nc1ccccn1. The van der Waals surface area contributed by atoms with Crippen LogP contribution in [0.4, 0.5) is 5.82 Å². The summed E-state index contributed by atoms with van der Waals surface area (Å²) in [6.45, 7) is 0. The summed E-state index contributed by atoms with van der Waals surface area (Å²) < 4.78 is 0.691. The standard InChI is InChI=1S/C17H18BrN3O2S/c1-24-11-9-14(17(23)21-15-8-4-5-10-19-15)20-16(22)12-6-2-3-7-13(12)18/h2-8,10,14H,9,11H2,1H3,(H,20,22)(H,19,21,23). The van der Waals surface area contributed by atoms with E-state index in [-0.39, 0.29) is 11.8 Å². The highest BCUT2D eigenvalue weighted by Crippen LogP contribution is 2.16. The fourth-order valence-electron chi connectivity index (χ4n) is 2.04. The number of nitrogens with zero attached hydrogens (tertiary/aromatic N) is 1.